The topological polar surface area (TPSA) is 30.5 Å². The molecule has 0 amide bonds. The number of ether oxygens (including phenoxy) is 2. The Morgan fingerprint density at radius 3 is 2.67 bits per heavy atom. The first kappa shape index (κ1) is 15.0. The van der Waals surface area contributed by atoms with Crippen LogP contribution >= 0.6 is 0 Å². The highest BCUT2D eigenvalue weighted by molar-refractivity contribution is 5.30. The Bertz CT molecular complexity index is 339. The van der Waals surface area contributed by atoms with E-state index in [0.29, 0.717) is 6.04 Å². The van der Waals surface area contributed by atoms with E-state index in [9.17, 15) is 0 Å². The fraction of sp³-hybridized carbons (Fsp3) is 0.600. The average Bonchev–Trinajstić information content (AvgIpc) is 2.34. The van der Waals surface area contributed by atoms with Gasteiger partial charge in [0.25, 0.3) is 0 Å². The summed E-state index contributed by atoms with van der Waals surface area (Å²) in [6, 6.07) is 8.62. The van der Waals surface area contributed by atoms with Gasteiger partial charge in [-0.2, -0.15) is 0 Å². The Balaban J connectivity index is 2.76. The second-order valence-corrected chi connectivity index (χ2v) is 4.63. The van der Waals surface area contributed by atoms with Crippen molar-refractivity contribution in [2.45, 2.75) is 39.3 Å². The molecular weight excluding hydrogens is 226 g/mol. The maximum absolute atomic E-state index is 5.73. The zero-order chi connectivity index (χ0) is 13.4. The van der Waals surface area contributed by atoms with Crippen LogP contribution in [0.4, 0.5) is 0 Å². The van der Waals surface area contributed by atoms with Crippen LogP contribution in [0.5, 0.6) is 5.75 Å². The minimum Gasteiger partial charge on any atom is -0.491 e. The molecular formula is C15H25NO2. The van der Waals surface area contributed by atoms with Crippen molar-refractivity contribution in [3.8, 4) is 5.75 Å². The van der Waals surface area contributed by atoms with E-state index in [2.05, 4.69) is 24.4 Å². The number of rotatable bonds is 8. The molecule has 1 aromatic carbocycles. The molecule has 0 aliphatic rings. The molecule has 1 aromatic rings. The van der Waals surface area contributed by atoms with Crippen molar-refractivity contribution in [3.05, 3.63) is 29.8 Å². The van der Waals surface area contributed by atoms with Crippen LogP contribution in [0.2, 0.25) is 0 Å². The molecule has 0 aliphatic carbocycles. The molecule has 102 valence electrons. The van der Waals surface area contributed by atoms with Gasteiger partial charge in [-0.1, -0.05) is 19.1 Å². The molecule has 0 aliphatic heterocycles. The van der Waals surface area contributed by atoms with Crippen molar-refractivity contribution in [3.63, 3.8) is 0 Å². The lowest BCUT2D eigenvalue weighted by atomic mass is 10.0. The maximum Gasteiger partial charge on any atom is 0.120 e. The van der Waals surface area contributed by atoms with E-state index in [4.69, 9.17) is 9.47 Å². The molecule has 0 radical (unpaired) electrons. The van der Waals surface area contributed by atoms with E-state index < -0.39 is 0 Å². The third kappa shape index (κ3) is 5.07. The number of benzene rings is 1. The summed E-state index contributed by atoms with van der Waals surface area (Å²) in [4.78, 5) is 0. The van der Waals surface area contributed by atoms with E-state index >= 15 is 0 Å². The van der Waals surface area contributed by atoms with Crippen LogP contribution in [0.3, 0.4) is 0 Å². The zero-order valence-corrected chi connectivity index (χ0v) is 11.9. The van der Waals surface area contributed by atoms with Crippen LogP contribution in [-0.4, -0.2) is 26.4 Å². The summed E-state index contributed by atoms with van der Waals surface area (Å²) in [6.07, 6.45) is 1.17. The van der Waals surface area contributed by atoms with Gasteiger partial charge < -0.3 is 14.8 Å². The summed E-state index contributed by atoms with van der Waals surface area (Å²) in [6.45, 7) is 7.91. The van der Waals surface area contributed by atoms with Crippen LogP contribution in [-0.2, 0) is 4.74 Å². The Morgan fingerprint density at radius 1 is 1.28 bits per heavy atom. The minimum absolute atomic E-state index is 0.205. The standard InChI is InChI=1S/C15H25NO2/c1-5-16-15(9-10-17-4)13-7-6-8-14(11-13)18-12(2)3/h6-8,11-12,15-16H,5,9-10H2,1-4H3. The van der Waals surface area contributed by atoms with Gasteiger partial charge >= 0.3 is 0 Å². The molecule has 1 rings (SSSR count). The van der Waals surface area contributed by atoms with Gasteiger partial charge in [-0.15, -0.1) is 0 Å². The quantitative estimate of drug-likeness (QED) is 0.770. The summed E-state index contributed by atoms with van der Waals surface area (Å²) in [5.41, 5.74) is 1.26. The van der Waals surface area contributed by atoms with Gasteiger partial charge in [-0.3, -0.25) is 0 Å². The molecule has 0 saturated heterocycles. The normalized spacial score (nSPS) is 12.7. The highest BCUT2D eigenvalue weighted by atomic mass is 16.5. The van der Waals surface area contributed by atoms with Crippen molar-refractivity contribution in [1.82, 2.24) is 5.32 Å². The first-order valence-electron chi connectivity index (χ1n) is 6.66. The van der Waals surface area contributed by atoms with Crippen LogP contribution in [0, 0.1) is 0 Å². The predicted molar refractivity (Wildman–Crippen MR) is 75.1 cm³/mol. The van der Waals surface area contributed by atoms with Gasteiger partial charge in [0.15, 0.2) is 0 Å². The maximum atomic E-state index is 5.73. The number of methoxy groups -OCH3 is 1. The van der Waals surface area contributed by atoms with Gasteiger partial charge in [0, 0.05) is 19.8 Å². The van der Waals surface area contributed by atoms with E-state index in [1.807, 2.05) is 26.0 Å². The van der Waals surface area contributed by atoms with E-state index in [1.54, 1.807) is 7.11 Å². The van der Waals surface area contributed by atoms with Crippen LogP contribution in [0.15, 0.2) is 24.3 Å². The van der Waals surface area contributed by atoms with E-state index in [0.717, 1.165) is 25.3 Å². The second kappa shape index (κ2) is 8.11. The smallest absolute Gasteiger partial charge is 0.120 e. The van der Waals surface area contributed by atoms with Crippen LogP contribution in [0.25, 0.3) is 0 Å². The van der Waals surface area contributed by atoms with Crippen molar-refractivity contribution in [2.24, 2.45) is 0 Å². The molecule has 0 bridgehead atoms. The molecule has 0 fully saturated rings. The zero-order valence-electron chi connectivity index (χ0n) is 11.9. The molecule has 0 spiro atoms. The van der Waals surface area contributed by atoms with Crippen LogP contribution in [0.1, 0.15) is 38.8 Å². The summed E-state index contributed by atoms with van der Waals surface area (Å²) < 4.78 is 10.9. The predicted octanol–water partition coefficient (Wildman–Crippen LogP) is 3.16. The molecule has 0 aromatic heterocycles. The molecule has 3 heteroatoms. The largest absolute Gasteiger partial charge is 0.491 e. The fourth-order valence-corrected chi connectivity index (χ4v) is 1.95. The Morgan fingerprint density at radius 2 is 2.06 bits per heavy atom. The summed E-state index contributed by atoms with van der Waals surface area (Å²) in [7, 11) is 1.74. The minimum atomic E-state index is 0.205. The highest BCUT2D eigenvalue weighted by Crippen LogP contribution is 2.22. The summed E-state index contributed by atoms with van der Waals surface area (Å²) >= 11 is 0. The first-order valence-corrected chi connectivity index (χ1v) is 6.66. The highest BCUT2D eigenvalue weighted by Gasteiger charge is 2.11. The first-order chi connectivity index (χ1) is 8.67. The lowest BCUT2D eigenvalue weighted by Crippen LogP contribution is -2.22. The molecule has 1 unspecified atom stereocenters. The lowest BCUT2D eigenvalue weighted by Gasteiger charge is -2.19. The molecule has 0 heterocycles. The third-order valence-corrected chi connectivity index (χ3v) is 2.69. The van der Waals surface area contributed by atoms with Gasteiger partial charge in [0.05, 0.1) is 6.10 Å². The average molecular weight is 251 g/mol. The summed E-state index contributed by atoms with van der Waals surface area (Å²) in [5, 5.41) is 3.48. The third-order valence-electron chi connectivity index (χ3n) is 2.69. The SMILES string of the molecule is CCNC(CCOC)c1cccc(OC(C)C)c1. The second-order valence-electron chi connectivity index (χ2n) is 4.63. The van der Waals surface area contributed by atoms with Gasteiger partial charge in [-0.25, -0.2) is 0 Å². The number of hydrogen-bond acceptors (Lipinski definition) is 3. The van der Waals surface area contributed by atoms with Gasteiger partial charge in [-0.05, 0) is 44.5 Å². The number of nitrogens with one attached hydrogen (secondary N) is 1. The van der Waals surface area contributed by atoms with Crippen molar-refractivity contribution in [2.75, 3.05) is 20.3 Å². The molecule has 1 N–H and O–H groups in total. The molecule has 18 heavy (non-hydrogen) atoms. The fourth-order valence-electron chi connectivity index (χ4n) is 1.95. The van der Waals surface area contributed by atoms with E-state index in [1.165, 1.54) is 5.56 Å². The van der Waals surface area contributed by atoms with Gasteiger partial charge in [0.1, 0.15) is 5.75 Å². The monoisotopic (exact) mass is 251 g/mol. The molecule has 0 saturated carbocycles. The Hall–Kier alpha value is -1.06. The van der Waals surface area contributed by atoms with Crippen LogP contribution < -0.4 is 10.1 Å². The Labute approximate surface area is 110 Å². The lowest BCUT2D eigenvalue weighted by molar-refractivity contribution is 0.183. The van der Waals surface area contributed by atoms with Crippen molar-refractivity contribution in [1.29, 1.82) is 0 Å². The van der Waals surface area contributed by atoms with Crippen molar-refractivity contribution >= 4 is 0 Å². The Kier molecular flexibility index (Phi) is 6.76. The summed E-state index contributed by atoms with van der Waals surface area (Å²) in [5.74, 6) is 0.933. The molecule has 1 atom stereocenters. The van der Waals surface area contributed by atoms with Crippen molar-refractivity contribution < 1.29 is 9.47 Å². The molecule has 3 nitrogen and oxygen atoms in total. The van der Waals surface area contributed by atoms with Gasteiger partial charge in [0.2, 0.25) is 0 Å². The number of hydrogen-bond donors (Lipinski definition) is 1. The van der Waals surface area contributed by atoms with E-state index in [-0.39, 0.29) is 6.10 Å².